The molecule has 1 amide bonds. The van der Waals surface area contributed by atoms with E-state index in [-0.39, 0.29) is 12.0 Å². The molecule has 0 bridgehead atoms. The number of aromatic nitrogens is 2. The van der Waals surface area contributed by atoms with Crippen molar-refractivity contribution in [2.75, 3.05) is 13.2 Å². The van der Waals surface area contributed by atoms with Crippen LogP contribution in [0.3, 0.4) is 0 Å². The highest BCUT2D eigenvalue weighted by Crippen LogP contribution is 2.25. The van der Waals surface area contributed by atoms with Crippen LogP contribution in [0.4, 0.5) is 0 Å². The van der Waals surface area contributed by atoms with E-state index in [1.807, 2.05) is 11.0 Å². The Morgan fingerprint density at radius 1 is 1.35 bits per heavy atom. The Kier molecular flexibility index (Phi) is 4.03. The Hall–Kier alpha value is -1.53. The zero-order valence-corrected chi connectivity index (χ0v) is 14.4. The summed E-state index contributed by atoms with van der Waals surface area (Å²) in [5, 5.41) is 1.00. The van der Waals surface area contributed by atoms with E-state index >= 15 is 0 Å². The van der Waals surface area contributed by atoms with Crippen LogP contribution in [-0.2, 0) is 22.5 Å². The fourth-order valence-corrected chi connectivity index (χ4v) is 3.67. The minimum Gasteiger partial charge on any atom is -0.368 e. The number of ether oxygens (including phenoxy) is 1. The van der Waals surface area contributed by atoms with Crippen molar-refractivity contribution < 1.29 is 9.53 Å². The molecule has 1 fully saturated rings. The molecule has 0 spiro atoms. The molecule has 2 aliphatic rings. The van der Waals surface area contributed by atoms with Crippen molar-refractivity contribution in [1.29, 1.82) is 0 Å². The highest BCUT2D eigenvalue weighted by molar-refractivity contribution is 9.10. The number of fused-ring (bicyclic) bond motifs is 2. The standard InChI is InChI=1S/C17H18BrN3O2/c18-13-8-11-7-12-10-21(17(22)15-3-1-2-6-23-15)5-4-14(12)20-16(11)19-9-13/h7-9,15H,1-6,10H2. The van der Waals surface area contributed by atoms with Crippen LogP contribution in [0.5, 0.6) is 0 Å². The molecule has 2 aliphatic heterocycles. The average Bonchev–Trinajstić information content (AvgIpc) is 2.59. The van der Waals surface area contributed by atoms with Gasteiger partial charge in [-0.15, -0.1) is 0 Å². The van der Waals surface area contributed by atoms with Crippen LogP contribution in [0.2, 0.25) is 0 Å². The zero-order chi connectivity index (χ0) is 15.8. The minimum absolute atomic E-state index is 0.128. The van der Waals surface area contributed by atoms with Gasteiger partial charge in [0.2, 0.25) is 0 Å². The van der Waals surface area contributed by atoms with Gasteiger partial charge in [-0.05, 0) is 52.9 Å². The quantitative estimate of drug-likeness (QED) is 0.768. The van der Waals surface area contributed by atoms with Gasteiger partial charge in [-0.3, -0.25) is 4.79 Å². The molecule has 0 N–H and O–H groups in total. The van der Waals surface area contributed by atoms with Crippen LogP contribution in [0.25, 0.3) is 11.0 Å². The molecule has 0 aromatic carbocycles. The highest BCUT2D eigenvalue weighted by Gasteiger charge is 2.29. The first-order chi connectivity index (χ1) is 11.2. The number of hydrogen-bond acceptors (Lipinski definition) is 4. The monoisotopic (exact) mass is 375 g/mol. The molecule has 5 nitrogen and oxygen atoms in total. The molecule has 23 heavy (non-hydrogen) atoms. The summed E-state index contributed by atoms with van der Waals surface area (Å²) in [4.78, 5) is 23.6. The summed E-state index contributed by atoms with van der Waals surface area (Å²) in [5.74, 6) is 0.128. The summed E-state index contributed by atoms with van der Waals surface area (Å²) in [7, 11) is 0. The van der Waals surface area contributed by atoms with Crippen molar-refractivity contribution in [3.8, 4) is 0 Å². The number of carbonyl (C=O) groups excluding carboxylic acids is 1. The van der Waals surface area contributed by atoms with E-state index in [1.54, 1.807) is 6.20 Å². The highest BCUT2D eigenvalue weighted by atomic mass is 79.9. The molecule has 6 heteroatoms. The first-order valence-corrected chi connectivity index (χ1v) is 8.84. The second kappa shape index (κ2) is 6.17. The second-order valence-corrected chi connectivity index (χ2v) is 7.08. The fraction of sp³-hybridized carbons (Fsp3) is 0.471. The number of rotatable bonds is 1. The molecule has 1 unspecified atom stereocenters. The Balaban J connectivity index is 1.59. The number of hydrogen-bond donors (Lipinski definition) is 0. The van der Waals surface area contributed by atoms with Crippen LogP contribution in [0.15, 0.2) is 22.8 Å². The van der Waals surface area contributed by atoms with E-state index in [2.05, 4.69) is 32.0 Å². The molecule has 4 rings (SSSR count). The summed E-state index contributed by atoms with van der Waals surface area (Å²) in [5.41, 5.74) is 2.94. The van der Waals surface area contributed by atoms with Gasteiger partial charge < -0.3 is 9.64 Å². The zero-order valence-electron chi connectivity index (χ0n) is 12.8. The first-order valence-electron chi connectivity index (χ1n) is 8.05. The maximum absolute atomic E-state index is 12.6. The second-order valence-electron chi connectivity index (χ2n) is 6.16. The van der Waals surface area contributed by atoms with Gasteiger partial charge in [-0.2, -0.15) is 0 Å². The third-order valence-corrected chi connectivity index (χ3v) is 4.98. The van der Waals surface area contributed by atoms with E-state index in [4.69, 9.17) is 4.74 Å². The molecule has 4 heterocycles. The number of carbonyl (C=O) groups is 1. The topological polar surface area (TPSA) is 55.3 Å². The maximum atomic E-state index is 12.6. The maximum Gasteiger partial charge on any atom is 0.252 e. The van der Waals surface area contributed by atoms with Gasteiger partial charge in [0.15, 0.2) is 5.65 Å². The van der Waals surface area contributed by atoms with Crippen molar-refractivity contribution >= 4 is 32.9 Å². The number of amides is 1. The summed E-state index contributed by atoms with van der Waals surface area (Å²) in [6, 6.07) is 4.12. The summed E-state index contributed by atoms with van der Waals surface area (Å²) in [6.45, 7) is 2.02. The minimum atomic E-state index is -0.255. The lowest BCUT2D eigenvalue weighted by Crippen LogP contribution is -2.44. The summed E-state index contributed by atoms with van der Waals surface area (Å²) >= 11 is 3.44. The van der Waals surface area contributed by atoms with Gasteiger partial charge in [-0.1, -0.05) is 0 Å². The SMILES string of the molecule is O=C(C1CCCCO1)N1CCc2nc3ncc(Br)cc3cc2C1. The van der Waals surface area contributed by atoms with Crippen molar-refractivity contribution in [3.63, 3.8) is 0 Å². The van der Waals surface area contributed by atoms with Gasteiger partial charge in [0.1, 0.15) is 6.10 Å². The first kappa shape index (κ1) is 15.0. The van der Waals surface area contributed by atoms with E-state index in [0.717, 1.165) is 52.4 Å². The predicted molar refractivity (Wildman–Crippen MR) is 90.0 cm³/mol. The van der Waals surface area contributed by atoms with Crippen LogP contribution < -0.4 is 0 Å². The van der Waals surface area contributed by atoms with Crippen LogP contribution in [-0.4, -0.2) is 40.0 Å². The Morgan fingerprint density at radius 2 is 2.26 bits per heavy atom. The lowest BCUT2D eigenvalue weighted by molar-refractivity contribution is -0.147. The van der Waals surface area contributed by atoms with Crippen LogP contribution in [0, 0.1) is 0 Å². The summed E-state index contributed by atoms with van der Waals surface area (Å²) < 4.78 is 6.58. The predicted octanol–water partition coefficient (Wildman–Crippen LogP) is 2.85. The van der Waals surface area contributed by atoms with Gasteiger partial charge in [0.05, 0.1) is 0 Å². The molecular formula is C17H18BrN3O2. The van der Waals surface area contributed by atoms with Gasteiger partial charge in [0.25, 0.3) is 5.91 Å². The fourth-order valence-electron chi connectivity index (χ4n) is 3.32. The lowest BCUT2D eigenvalue weighted by Gasteiger charge is -2.32. The van der Waals surface area contributed by atoms with Crippen molar-refractivity contribution in [2.24, 2.45) is 0 Å². The average molecular weight is 376 g/mol. The van der Waals surface area contributed by atoms with E-state index in [1.165, 1.54) is 0 Å². The molecule has 2 aromatic heterocycles. The third kappa shape index (κ3) is 2.97. The van der Waals surface area contributed by atoms with Crippen LogP contribution >= 0.6 is 15.9 Å². The molecule has 1 atom stereocenters. The van der Waals surface area contributed by atoms with E-state index in [0.29, 0.717) is 19.7 Å². The molecule has 1 saturated heterocycles. The Morgan fingerprint density at radius 3 is 3.09 bits per heavy atom. The van der Waals surface area contributed by atoms with E-state index in [9.17, 15) is 4.79 Å². The Bertz CT molecular complexity index is 759. The number of nitrogens with zero attached hydrogens (tertiary/aromatic N) is 3. The molecule has 0 radical (unpaired) electrons. The molecular weight excluding hydrogens is 358 g/mol. The van der Waals surface area contributed by atoms with Gasteiger partial charge >= 0.3 is 0 Å². The van der Waals surface area contributed by atoms with Crippen LogP contribution in [0.1, 0.15) is 30.5 Å². The smallest absolute Gasteiger partial charge is 0.252 e. The third-order valence-electron chi connectivity index (χ3n) is 4.55. The van der Waals surface area contributed by atoms with Crippen molar-refractivity contribution in [2.45, 2.75) is 38.3 Å². The molecule has 0 saturated carbocycles. The normalized spacial score (nSPS) is 21.3. The Labute approximate surface area is 143 Å². The largest absolute Gasteiger partial charge is 0.368 e. The lowest BCUT2D eigenvalue weighted by atomic mass is 10.0. The number of pyridine rings is 2. The summed E-state index contributed by atoms with van der Waals surface area (Å²) in [6.07, 6.45) is 5.27. The van der Waals surface area contributed by atoms with E-state index < -0.39 is 0 Å². The molecule has 2 aromatic rings. The molecule has 120 valence electrons. The molecule has 0 aliphatic carbocycles. The van der Waals surface area contributed by atoms with Crippen molar-refractivity contribution in [3.05, 3.63) is 34.1 Å². The van der Waals surface area contributed by atoms with Crippen molar-refractivity contribution in [1.82, 2.24) is 14.9 Å². The number of halogens is 1. The van der Waals surface area contributed by atoms with Gasteiger partial charge in [-0.25, -0.2) is 9.97 Å². The van der Waals surface area contributed by atoms with Gasteiger partial charge in [0, 0.05) is 47.9 Å².